The number of aliphatic hydroxyl groups excluding tert-OH is 1. The van der Waals surface area contributed by atoms with E-state index in [-0.39, 0.29) is 12.5 Å². The van der Waals surface area contributed by atoms with E-state index >= 15 is 0 Å². The average molecular weight is 264 g/mol. The topological polar surface area (TPSA) is 61.9 Å². The van der Waals surface area contributed by atoms with Crippen molar-refractivity contribution >= 4 is 46.4 Å². The molecule has 2 heterocycles. The van der Waals surface area contributed by atoms with Gasteiger partial charge in [-0.25, -0.2) is 5.84 Å². The Labute approximate surface area is 101 Å². The standard InChI is InChI=1S/C8H10ClN3OS2/c1-4(3-13)7-11-15-8-5(12(7)10)2-6(9)14-8/h2,4,13H,3,10H2,1H3/t4-/m0/s1. The minimum Gasteiger partial charge on any atom is -0.396 e. The molecule has 0 saturated carbocycles. The van der Waals surface area contributed by atoms with Crippen LogP contribution >= 0.6 is 34.9 Å². The molecule has 1 aliphatic rings. The lowest BCUT2D eigenvalue weighted by molar-refractivity contribution is 0.269. The van der Waals surface area contributed by atoms with E-state index in [1.54, 1.807) is 0 Å². The molecule has 4 nitrogen and oxygen atoms in total. The summed E-state index contributed by atoms with van der Waals surface area (Å²) >= 11 is 8.71. The predicted molar refractivity (Wildman–Crippen MR) is 65.5 cm³/mol. The van der Waals surface area contributed by atoms with Crippen LogP contribution in [0.5, 0.6) is 0 Å². The van der Waals surface area contributed by atoms with Crippen LogP contribution in [0.1, 0.15) is 6.92 Å². The Morgan fingerprint density at radius 3 is 3.13 bits per heavy atom. The zero-order valence-electron chi connectivity index (χ0n) is 7.98. The molecule has 0 spiro atoms. The van der Waals surface area contributed by atoms with Crippen molar-refractivity contribution in [2.75, 3.05) is 11.6 Å². The molecule has 82 valence electrons. The van der Waals surface area contributed by atoms with Crippen molar-refractivity contribution in [3.63, 3.8) is 0 Å². The van der Waals surface area contributed by atoms with E-state index in [1.807, 2.05) is 13.0 Å². The highest BCUT2D eigenvalue weighted by atomic mass is 35.5. The molecule has 3 N–H and O–H groups in total. The number of halogens is 1. The molecule has 2 rings (SSSR count). The fourth-order valence-electron chi connectivity index (χ4n) is 1.23. The number of anilines is 1. The number of amidine groups is 1. The van der Waals surface area contributed by atoms with Gasteiger partial charge in [0.1, 0.15) is 10.0 Å². The van der Waals surface area contributed by atoms with Crippen molar-refractivity contribution in [1.29, 1.82) is 0 Å². The first-order valence-electron chi connectivity index (χ1n) is 4.33. The number of fused-ring (bicyclic) bond motifs is 1. The molecular formula is C8H10ClN3OS2. The molecule has 0 aliphatic carbocycles. The van der Waals surface area contributed by atoms with Gasteiger partial charge in [-0.3, -0.25) is 5.01 Å². The second kappa shape index (κ2) is 4.31. The van der Waals surface area contributed by atoms with E-state index in [4.69, 9.17) is 22.6 Å². The van der Waals surface area contributed by atoms with E-state index in [0.29, 0.717) is 10.2 Å². The van der Waals surface area contributed by atoms with Gasteiger partial charge in [-0.1, -0.05) is 18.5 Å². The molecule has 0 saturated heterocycles. The zero-order valence-corrected chi connectivity index (χ0v) is 10.4. The van der Waals surface area contributed by atoms with Crippen molar-refractivity contribution in [2.45, 2.75) is 11.1 Å². The maximum absolute atomic E-state index is 9.06. The Kier molecular flexibility index (Phi) is 3.22. The van der Waals surface area contributed by atoms with Crippen molar-refractivity contribution in [3.05, 3.63) is 10.4 Å². The van der Waals surface area contributed by atoms with Crippen LogP contribution in [0.25, 0.3) is 0 Å². The van der Waals surface area contributed by atoms with E-state index in [9.17, 15) is 0 Å². The van der Waals surface area contributed by atoms with Crippen molar-refractivity contribution in [2.24, 2.45) is 16.2 Å². The molecule has 0 fully saturated rings. The summed E-state index contributed by atoms with van der Waals surface area (Å²) in [6.45, 7) is 1.90. The number of hydrazine groups is 1. The summed E-state index contributed by atoms with van der Waals surface area (Å²) < 4.78 is 5.94. The third-order valence-electron chi connectivity index (χ3n) is 2.09. The number of hydrogen-bond donors (Lipinski definition) is 2. The van der Waals surface area contributed by atoms with E-state index in [0.717, 1.165) is 9.90 Å². The molecular weight excluding hydrogens is 254 g/mol. The van der Waals surface area contributed by atoms with Gasteiger partial charge in [0.25, 0.3) is 0 Å². The highest BCUT2D eigenvalue weighted by molar-refractivity contribution is 8.00. The van der Waals surface area contributed by atoms with Gasteiger partial charge >= 0.3 is 0 Å². The fourth-order valence-corrected chi connectivity index (χ4v) is 3.54. The lowest BCUT2D eigenvalue weighted by Crippen LogP contribution is -2.43. The minimum atomic E-state index is -0.0747. The Balaban J connectivity index is 2.31. The Morgan fingerprint density at radius 2 is 2.47 bits per heavy atom. The van der Waals surface area contributed by atoms with Gasteiger partial charge in [-0.15, -0.1) is 11.3 Å². The summed E-state index contributed by atoms with van der Waals surface area (Å²) in [6, 6.07) is 1.81. The third kappa shape index (κ3) is 2.00. The van der Waals surface area contributed by atoms with Gasteiger partial charge < -0.3 is 5.11 Å². The lowest BCUT2D eigenvalue weighted by atomic mass is 10.1. The van der Waals surface area contributed by atoms with Crippen molar-refractivity contribution in [3.8, 4) is 0 Å². The molecule has 15 heavy (non-hydrogen) atoms. The fraction of sp³-hybridized carbons (Fsp3) is 0.375. The second-order valence-electron chi connectivity index (χ2n) is 3.22. The normalized spacial score (nSPS) is 17.3. The predicted octanol–water partition coefficient (Wildman–Crippen LogP) is 2.13. The molecule has 0 amide bonds. The van der Waals surface area contributed by atoms with Gasteiger partial charge in [0.2, 0.25) is 0 Å². The maximum atomic E-state index is 9.06. The summed E-state index contributed by atoms with van der Waals surface area (Å²) in [5.74, 6) is 6.50. The number of aliphatic hydroxyl groups is 1. The molecule has 0 bridgehead atoms. The number of hydrogen-bond acceptors (Lipinski definition) is 6. The molecule has 1 atom stereocenters. The van der Waals surface area contributed by atoms with Crippen molar-refractivity contribution in [1.82, 2.24) is 0 Å². The molecule has 1 aromatic rings. The maximum Gasteiger partial charge on any atom is 0.137 e. The monoisotopic (exact) mass is 263 g/mol. The van der Waals surface area contributed by atoms with Gasteiger partial charge in [-0.2, -0.15) is 4.40 Å². The number of rotatable bonds is 2. The first kappa shape index (κ1) is 11.2. The first-order chi connectivity index (χ1) is 7.13. The average Bonchev–Trinajstić information content (AvgIpc) is 2.59. The molecule has 0 radical (unpaired) electrons. The molecule has 1 aromatic heterocycles. The summed E-state index contributed by atoms with van der Waals surface area (Å²) in [7, 11) is 0. The summed E-state index contributed by atoms with van der Waals surface area (Å²) in [5, 5.41) is 10.6. The van der Waals surface area contributed by atoms with Gasteiger partial charge in [-0.05, 0) is 6.07 Å². The molecule has 0 unspecified atom stereocenters. The van der Waals surface area contributed by atoms with Crippen LogP contribution in [0.15, 0.2) is 14.7 Å². The SMILES string of the molecule is C[C@@H](CO)C1=NSc2sc(Cl)cc2N1N. The molecule has 7 heteroatoms. The summed E-state index contributed by atoms with van der Waals surface area (Å²) in [5.41, 5.74) is 0.861. The largest absolute Gasteiger partial charge is 0.396 e. The van der Waals surface area contributed by atoms with Crippen LogP contribution in [0.3, 0.4) is 0 Å². The van der Waals surface area contributed by atoms with E-state index < -0.39 is 0 Å². The highest BCUT2D eigenvalue weighted by Gasteiger charge is 2.25. The first-order valence-corrected chi connectivity index (χ1v) is 6.30. The van der Waals surface area contributed by atoms with E-state index in [1.165, 1.54) is 28.3 Å². The van der Waals surface area contributed by atoms with Crippen LogP contribution in [0.4, 0.5) is 5.69 Å². The lowest BCUT2D eigenvalue weighted by Gasteiger charge is -2.26. The Morgan fingerprint density at radius 1 is 1.73 bits per heavy atom. The van der Waals surface area contributed by atoms with Gasteiger partial charge in [0.15, 0.2) is 0 Å². The van der Waals surface area contributed by atoms with Crippen molar-refractivity contribution < 1.29 is 5.11 Å². The Bertz CT molecular complexity index is 407. The Hall–Kier alpha value is -0.270. The zero-order chi connectivity index (χ0) is 11.0. The number of nitrogens with zero attached hydrogens (tertiary/aromatic N) is 2. The molecule has 0 aromatic carbocycles. The van der Waals surface area contributed by atoms with Gasteiger partial charge in [0.05, 0.1) is 16.6 Å². The summed E-state index contributed by atoms with van der Waals surface area (Å²) in [6.07, 6.45) is 0. The van der Waals surface area contributed by atoms with Crippen LogP contribution in [-0.4, -0.2) is 17.5 Å². The third-order valence-corrected chi connectivity index (χ3v) is 4.27. The van der Waals surface area contributed by atoms with Crippen LogP contribution < -0.4 is 10.9 Å². The van der Waals surface area contributed by atoms with Crippen LogP contribution in [0.2, 0.25) is 4.34 Å². The van der Waals surface area contributed by atoms with Crippen LogP contribution in [-0.2, 0) is 0 Å². The quantitative estimate of drug-likeness (QED) is 0.634. The second-order valence-corrected chi connectivity index (χ2v) is 5.93. The molecule has 1 aliphatic heterocycles. The van der Waals surface area contributed by atoms with Gasteiger partial charge in [0, 0.05) is 17.9 Å². The smallest absolute Gasteiger partial charge is 0.137 e. The van der Waals surface area contributed by atoms with E-state index in [2.05, 4.69) is 4.40 Å². The number of nitrogens with two attached hydrogens (primary N) is 1. The highest BCUT2D eigenvalue weighted by Crippen LogP contribution is 2.43. The summed E-state index contributed by atoms with van der Waals surface area (Å²) in [4.78, 5) is 0. The minimum absolute atomic E-state index is 0.0281. The van der Waals surface area contributed by atoms with Crippen LogP contribution in [0, 0.1) is 5.92 Å². The number of thiophene rings is 1.